The first kappa shape index (κ1) is 44.4. The van der Waals surface area contributed by atoms with Gasteiger partial charge >= 0.3 is 0 Å². The van der Waals surface area contributed by atoms with Crippen LogP contribution in [0.15, 0.2) is 294 Å². The number of nitrogens with zero attached hydrogens (tertiary/aromatic N) is 3. The standard InChI is InChI=1S/C76H47N3O2/c1-3-18-48(19-4-1)49-34-36-51(37-35-49)77(54-38-39-58-57-26-9-13-30-63(57)75(67(58)45-54)61-28-11-7-24-55(61)56-25-8-12-29-62(56)75)52-22-17-23-53(44-52)79-70-33-16-14-31-64(70)76(65-40-42-80-73(65)74-66(76)41-43-81-74)68-46-60-59-27-10-15-32-69(59)78(71(60)47-72(68)79)50-20-5-2-6-21-50/h1-47H. The van der Waals surface area contributed by atoms with Crippen LogP contribution in [-0.4, -0.2) is 4.57 Å². The maximum absolute atomic E-state index is 6.40. The molecule has 378 valence electrons. The predicted molar refractivity (Wildman–Crippen MR) is 327 cm³/mol. The maximum Gasteiger partial charge on any atom is 0.174 e. The lowest BCUT2D eigenvalue weighted by molar-refractivity contribution is 0.525. The Kier molecular flexibility index (Phi) is 9.02. The number of rotatable bonds is 6. The molecule has 0 atom stereocenters. The number of aromatic nitrogens is 1. The molecule has 0 N–H and O–H groups in total. The smallest absolute Gasteiger partial charge is 0.174 e. The van der Waals surface area contributed by atoms with E-state index in [0.717, 1.165) is 84.6 Å². The average molecular weight is 1030 g/mol. The van der Waals surface area contributed by atoms with Gasteiger partial charge in [-0.15, -0.1) is 0 Å². The van der Waals surface area contributed by atoms with Crippen LogP contribution in [0.2, 0.25) is 0 Å². The Balaban J connectivity index is 0.891. The molecule has 14 aromatic rings. The van der Waals surface area contributed by atoms with Crippen molar-refractivity contribution in [3.05, 3.63) is 330 Å². The molecule has 0 amide bonds. The minimum absolute atomic E-state index is 0.505. The number of fused-ring (bicyclic) bond motifs is 22. The van der Waals surface area contributed by atoms with E-state index < -0.39 is 10.8 Å². The van der Waals surface area contributed by atoms with Crippen LogP contribution in [0.25, 0.3) is 72.4 Å². The molecule has 0 radical (unpaired) electrons. The van der Waals surface area contributed by atoms with Crippen LogP contribution in [-0.2, 0) is 10.8 Å². The van der Waals surface area contributed by atoms with Crippen LogP contribution in [0.4, 0.5) is 34.1 Å². The van der Waals surface area contributed by atoms with E-state index in [4.69, 9.17) is 8.83 Å². The van der Waals surface area contributed by atoms with Gasteiger partial charge in [0, 0.05) is 50.3 Å². The van der Waals surface area contributed by atoms with Gasteiger partial charge in [0.1, 0.15) is 0 Å². The Labute approximate surface area is 468 Å². The van der Waals surface area contributed by atoms with Crippen molar-refractivity contribution in [2.45, 2.75) is 10.8 Å². The monoisotopic (exact) mass is 1030 g/mol. The van der Waals surface area contributed by atoms with E-state index in [-0.39, 0.29) is 0 Å². The second-order valence-corrected chi connectivity index (χ2v) is 21.9. The van der Waals surface area contributed by atoms with E-state index in [1.165, 1.54) is 66.4 Å². The second-order valence-electron chi connectivity index (χ2n) is 21.9. The van der Waals surface area contributed by atoms with E-state index in [2.05, 4.69) is 287 Å². The fourth-order valence-electron chi connectivity index (χ4n) is 15.0. The fourth-order valence-corrected chi connectivity index (χ4v) is 15.0. The van der Waals surface area contributed by atoms with E-state index in [1.807, 2.05) is 12.5 Å². The molecule has 11 aromatic carbocycles. The number of furan rings is 2. The van der Waals surface area contributed by atoms with E-state index in [9.17, 15) is 0 Å². The Bertz CT molecular complexity index is 4800. The molecule has 5 heteroatoms. The Morgan fingerprint density at radius 2 is 0.827 bits per heavy atom. The minimum atomic E-state index is -0.739. The number of benzene rings is 11. The SMILES string of the molecule is c1ccc(-c2ccc(N(c3cccc(N4c5ccccc5C5(c6cc7c8ccccc8n(-c8ccccc8)c7cc64)c4ccoc4-c4occc45)c3)c3ccc4c(c3)C3(c5ccccc5-c5ccccc53)c3ccccc3-4)cc2)cc1. The summed E-state index contributed by atoms with van der Waals surface area (Å²) < 4.78 is 15.2. The second kappa shape index (κ2) is 16.5. The van der Waals surface area contributed by atoms with Crippen molar-refractivity contribution in [1.82, 2.24) is 4.57 Å². The Hall–Kier alpha value is -10.6. The number of hydrogen-bond acceptors (Lipinski definition) is 4. The molecule has 3 aromatic heterocycles. The minimum Gasteiger partial charge on any atom is -0.461 e. The Morgan fingerprint density at radius 1 is 0.296 bits per heavy atom. The normalized spacial score (nSPS) is 14.1. The van der Waals surface area contributed by atoms with Crippen molar-refractivity contribution in [3.63, 3.8) is 0 Å². The lowest BCUT2D eigenvalue weighted by atomic mass is 9.65. The maximum atomic E-state index is 6.40. The van der Waals surface area contributed by atoms with Gasteiger partial charge in [-0.25, -0.2) is 0 Å². The number of para-hydroxylation sites is 3. The summed E-state index contributed by atoms with van der Waals surface area (Å²) >= 11 is 0. The van der Waals surface area contributed by atoms with Crippen LogP contribution >= 0.6 is 0 Å². The van der Waals surface area contributed by atoms with E-state index in [0.29, 0.717) is 0 Å². The third-order valence-electron chi connectivity index (χ3n) is 18.2. The van der Waals surface area contributed by atoms with Crippen LogP contribution in [0.3, 0.4) is 0 Å². The van der Waals surface area contributed by atoms with Gasteiger partial charge < -0.3 is 23.2 Å². The van der Waals surface area contributed by atoms with Gasteiger partial charge in [0.15, 0.2) is 11.5 Å². The van der Waals surface area contributed by atoms with Gasteiger partial charge in [-0.3, -0.25) is 0 Å². The van der Waals surface area contributed by atoms with Crippen LogP contribution in [0.1, 0.15) is 44.5 Å². The van der Waals surface area contributed by atoms with Crippen molar-refractivity contribution < 1.29 is 8.83 Å². The molecule has 0 unspecified atom stereocenters. The molecule has 5 nitrogen and oxygen atoms in total. The molecule has 2 spiro atoms. The molecule has 1 aliphatic heterocycles. The van der Waals surface area contributed by atoms with Crippen LogP contribution in [0.5, 0.6) is 0 Å². The van der Waals surface area contributed by atoms with Crippen molar-refractivity contribution in [2.75, 3.05) is 9.80 Å². The summed E-state index contributed by atoms with van der Waals surface area (Å²) in [5, 5.41) is 2.37. The molecular weight excluding hydrogens is 987 g/mol. The first-order valence-corrected chi connectivity index (χ1v) is 27.9. The van der Waals surface area contributed by atoms with Gasteiger partial charge in [-0.2, -0.15) is 0 Å². The fraction of sp³-hybridized carbons (Fsp3) is 0.0263. The molecule has 0 bridgehead atoms. The summed E-state index contributed by atoms with van der Waals surface area (Å²) in [6.07, 6.45) is 3.64. The van der Waals surface area contributed by atoms with E-state index >= 15 is 0 Å². The highest BCUT2D eigenvalue weighted by molar-refractivity contribution is 6.12. The molecule has 4 aliphatic rings. The summed E-state index contributed by atoms with van der Waals surface area (Å²) in [5.74, 6) is 1.55. The molecular formula is C76H47N3O2. The lowest BCUT2D eigenvalue weighted by Crippen LogP contribution is -2.36. The Morgan fingerprint density at radius 3 is 1.52 bits per heavy atom. The van der Waals surface area contributed by atoms with Crippen molar-refractivity contribution in [3.8, 4) is 50.6 Å². The summed E-state index contributed by atoms with van der Waals surface area (Å²) in [4.78, 5) is 4.96. The zero-order valence-corrected chi connectivity index (χ0v) is 43.8. The highest BCUT2D eigenvalue weighted by Crippen LogP contribution is 2.66. The molecule has 18 rings (SSSR count). The topological polar surface area (TPSA) is 37.7 Å². The van der Waals surface area contributed by atoms with Gasteiger partial charge in [0.05, 0.1) is 45.8 Å². The molecule has 0 saturated carbocycles. The molecule has 81 heavy (non-hydrogen) atoms. The zero-order chi connectivity index (χ0) is 53.0. The van der Waals surface area contributed by atoms with Gasteiger partial charge in [-0.05, 0) is 158 Å². The van der Waals surface area contributed by atoms with Crippen molar-refractivity contribution >= 4 is 55.9 Å². The van der Waals surface area contributed by atoms with Crippen molar-refractivity contribution in [1.29, 1.82) is 0 Å². The van der Waals surface area contributed by atoms with Gasteiger partial charge in [0.2, 0.25) is 0 Å². The molecule has 3 aliphatic carbocycles. The predicted octanol–water partition coefficient (Wildman–Crippen LogP) is 19.6. The molecule has 0 saturated heterocycles. The summed E-state index contributed by atoms with van der Waals surface area (Å²) in [7, 11) is 0. The van der Waals surface area contributed by atoms with Crippen LogP contribution in [0, 0.1) is 0 Å². The highest BCUT2D eigenvalue weighted by atomic mass is 16.4. The summed E-state index contributed by atoms with van der Waals surface area (Å²) in [6.45, 7) is 0. The quantitative estimate of drug-likeness (QED) is 0.166. The third kappa shape index (κ3) is 5.78. The lowest BCUT2D eigenvalue weighted by Gasteiger charge is -2.44. The van der Waals surface area contributed by atoms with Crippen molar-refractivity contribution in [2.24, 2.45) is 0 Å². The first-order valence-electron chi connectivity index (χ1n) is 27.9. The van der Waals surface area contributed by atoms with E-state index in [1.54, 1.807) is 0 Å². The summed E-state index contributed by atoms with van der Waals surface area (Å²) in [6, 6.07) is 101. The van der Waals surface area contributed by atoms with Gasteiger partial charge in [-0.1, -0.05) is 182 Å². The highest BCUT2D eigenvalue weighted by Gasteiger charge is 2.56. The number of hydrogen-bond donors (Lipinski definition) is 0. The molecule has 4 heterocycles. The molecule has 0 fully saturated rings. The third-order valence-corrected chi connectivity index (χ3v) is 18.2. The van der Waals surface area contributed by atoms with Crippen LogP contribution < -0.4 is 9.80 Å². The number of anilines is 6. The van der Waals surface area contributed by atoms with Gasteiger partial charge in [0.25, 0.3) is 0 Å². The summed E-state index contributed by atoms with van der Waals surface area (Å²) in [5.41, 5.74) is 25.7. The first-order chi connectivity index (χ1) is 40.2. The average Bonchev–Trinajstić information content (AvgIpc) is 3.87. The largest absolute Gasteiger partial charge is 0.461 e. The zero-order valence-electron chi connectivity index (χ0n) is 43.8.